The quantitative estimate of drug-likeness (QED) is 0.255. The van der Waals surface area contributed by atoms with E-state index in [1.165, 1.54) is 43.9 Å². The van der Waals surface area contributed by atoms with Crippen molar-refractivity contribution in [2.24, 2.45) is 0 Å². The molecule has 0 amide bonds. The molecule has 6 heteroatoms. The molecule has 2 aromatic rings. The van der Waals surface area contributed by atoms with E-state index < -0.39 is 29.5 Å². The van der Waals surface area contributed by atoms with Gasteiger partial charge in [-0.3, -0.25) is 0 Å². The van der Waals surface area contributed by atoms with Crippen LogP contribution in [0.2, 0.25) is 0 Å². The summed E-state index contributed by atoms with van der Waals surface area (Å²) in [5.41, 5.74) is -0.921. The van der Waals surface area contributed by atoms with Crippen molar-refractivity contribution in [2.75, 3.05) is 6.61 Å². The van der Waals surface area contributed by atoms with Crippen LogP contribution in [0.3, 0.4) is 0 Å². The molecule has 0 bridgehead atoms. The van der Waals surface area contributed by atoms with Gasteiger partial charge in [0.2, 0.25) is 0 Å². The third kappa shape index (κ3) is 8.03. The Labute approximate surface area is 188 Å². The normalized spacial score (nSPS) is 12.3. The number of fused-ring (bicyclic) bond motifs is 1. The zero-order valence-corrected chi connectivity index (χ0v) is 19.3. The van der Waals surface area contributed by atoms with Gasteiger partial charge in [-0.1, -0.05) is 71.3 Å². The van der Waals surface area contributed by atoms with Gasteiger partial charge < -0.3 is 9.15 Å². The minimum atomic E-state index is -0.960. The van der Waals surface area contributed by atoms with Crippen molar-refractivity contribution in [2.45, 2.75) is 90.9 Å². The van der Waals surface area contributed by atoms with Gasteiger partial charge in [0, 0.05) is 6.42 Å². The number of ether oxygens (including phenoxy) is 1. The molecule has 0 saturated carbocycles. The summed E-state index contributed by atoms with van der Waals surface area (Å²) in [4.78, 5) is 12.3. The monoisotopic (exact) mass is 452 g/mol. The lowest BCUT2D eigenvalue weighted by molar-refractivity contribution is 0.291. The first-order valence-corrected chi connectivity index (χ1v) is 11.9. The van der Waals surface area contributed by atoms with Crippen molar-refractivity contribution >= 4 is 10.8 Å². The number of hydrogen-bond donors (Lipinski definition) is 0. The molecule has 0 spiro atoms. The van der Waals surface area contributed by atoms with Gasteiger partial charge in [-0.15, -0.1) is 0 Å². The van der Waals surface area contributed by atoms with Gasteiger partial charge in [-0.25, -0.2) is 18.0 Å². The molecule has 0 N–H and O–H groups in total. The fourth-order valence-corrected chi connectivity index (χ4v) is 3.63. The average Bonchev–Trinajstić information content (AvgIpc) is 2.76. The van der Waals surface area contributed by atoms with Gasteiger partial charge in [0.05, 0.1) is 13.0 Å². The van der Waals surface area contributed by atoms with Crippen LogP contribution in [-0.2, 0) is 6.42 Å². The molecule has 0 aliphatic heterocycles. The number of unbranched alkanes of at least 4 members (excludes halogenated alkanes) is 8. The Bertz CT molecular complexity index is 934. The summed E-state index contributed by atoms with van der Waals surface area (Å²) in [6.07, 6.45) is 9.67. The SMILES string of the molecule is CCCCCCCCCOc1ccc2cc(C/C(F)=C(/F)CCCCC)oc(=O)c2c1F. The van der Waals surface area contributed by atoms with E-state index >= 15 is 0 Å². The van der Waals surface area contributed by atoms with Crippen LogP contribution < -0.4 is 10.4 Å². The molecule has 32 heavy (non-hydrogen) atoms. The summed E-state index contributed by atoms with van der Waals surface area (Å²) >= 11 is 0. The molecule has 0 aliphatic carbocycles. The molecule has 1 heterocycles. The molecular formula is C26H35F3O3. The number of halogens is 3. The molecule has 1 aromatic heterocycles. The summed E-state index contributed by atoms with van der Waals surface area (Å²) in [5, 5.41) is 0.0369. The predicted molar refractivity (Wildman–Crippen MR) is 123 cm³/mol. The highest BCUT2D eigenvalue weighted by Crippen LogP contribution is 2.27. The van der Waals surface area contributed by atoms with E-state index in [1.54, 1.807) is 0 Å². The van der Waals surface area contributed by atoms with Crippen LogP contribution in [0.15, 0.2) is 39.1 Å². The van der Waals surface area contributed by atoms with Gasteiger partial charge >= 0.3 is 5.63 Å². The zero-order valence-electron chi connectivity index (χ0n) is 19.3. The van der Waals surface area contributed by atoms with Crippen LogP contribution in [0.1, 0.15) is 90.2 Å². The highest BCUT2D eigenvalue weighted by atomic mass is 19.2. The van der Waals surface area contributed by atoms with Gasteiger partial charge in [0.1, 0.15) is 22.8 Å². The molecule has 1 aromatic carbocycles. The Kier molecular flexibility index (Phi) is 11.4. The second-order valence-electron chi connectivity index (χ2n) is 8.26. The summed E-state index contributed by atoms with van der Waals surface area (Å²) in [5.74, 6) is -2.62. The lowest BCUT2D eigenvalue weighted by atomic mass is 10.1. The third-order valence-corrected chi connectivity index (χ3v) is 5.51. The number of allylic oxidation sites excluding steroid dienone is 2. The maximum Gasteiger partial charge on any atom is 0.346 e. The fourth-order valence-electron chi connectivity index (χ4n) is 3.63. The van der Waals surface area contributed by atoms with Crippen LogP contribution >= 0.6 is 0 Å². The molecule has 0 saturated heterocycles. The summed E-state index contributed by atoms with van der Waals surface area (Å²) in [7, 11) is 0. The minimum absolute atomic E-state index is 0.00317. The van der Waals surface area contributed by atoms with Gasteiger partial charge in [0.15, 0.2) is 11.6 Å². The Morgan fingerprint density at radius 3 is 2.28 bits per heavy atom. The van der Waals surface area contributed by atoms with Crippen molar-refractivity contribution in [1.82, 2.24) is 0 Å². The van der Waals surface area contributed by atoms with E-state index in [0.29, 0.717) is 13.0 Å². The first-order valence-electron chi connectivity index (χ1n) is 11.9. The predicted octanol–water partition coefficient (Wildman–Crippen LogP) is 8.33. The number of rotatable bonds is 15. The number of hydrogen-bond acceptors (Lipinski definition) is 3. The van der Waals surface area contributed by atoms with Gasteiger partial charge in [-0.05, 0) is 30.4 Å². The lowest BCUT2D eigenvalue weighted by Crippen LogP contribution is -2.07. The molecule has 0 atom stereocenters. The molecule has 0 aliphatic rings. The Hall–Kier alpha value is -2.24. The molecule has 2 rings (SSSR count). The summed E-state index contributed by atoms with van der Waals surface area (Å²) in [6.45, 7) is 4.53. The van der Waals surface area contributed by atoms with Crippen LogP contribution in [0.4, 0.5) is 13.2 Å². The highest BCUT2D eigenvalue weighted by molar-refractivity contribution is 5.83. The van der Waals surface area contributed by atoms with Gasteiger partial charge in [-0.2, -0.15) is 0 Å². The van der Waals surface area contributed by atoms with E-state index in [0.717, 1.165) is 32.1 Å². The fraction of sp³-hybridized carbons (Fsp3) is 0.577. The molecule has 178 valence electrons. The summed E-state index contributed by atoms with van der Waals surface area (Å²) in [6, 6.07) is 4.37. The molecule has 0 unspecified atom stereocenters. The molecule has 0 fully saturated rings. The van der Waals surface area contributed by atoms with Crippen LogP contribution in [0.5, 0.6) is 5.75 Å². The van der Waals surface area contributed by atoms with Crippen molar-refractivity contribution in [3.8, 4) is 5.75 Å². The second kappa shape index (κ2) is 14.0. The van der Waals surface area contributed by atoms with Crippen LogP contribution in [0, 0.1) is 5.82 Å². The first-order chi connectivity index (χ1) is 15.5. The van der Waals surface area contributed by atoms with E-state index in [1.807, 2.05) is 6.92 Å². The third-order valence-electron chi connectivity index (χ3n) is 5.51. The highest BCUT2D eigenvalue weighted by Gasteiger charge is 2.16. The zero-order chi connectivity index (χ0) is 23.3. The molecular weight excluding hydrogens is 417 g/mol. The van der Waals surface area contributed by atoms with E-state index in [4.69, 9.17) is 9.15 Å². The standard InChI is InChI=1S/C26H35F3O3/c1-3-5-7-8-9-10-12-16-31-23-15-14-19-17-20(32-26(30)24(19)25(23)29)18-22(28)21(27)13-11-6-4-2/h14-15,17H,3-13,16,18H2,1-2H3/b22-21-. The van der Waals surface area contributed by atoms with Crippen molar-refractivity contribution in [3.63, 3.8) is 0 Å². The molecule has 3 nitrogen and oxygen atoms in total. The topological polar surface area (TPSA) is 39.4 Å². The first kappa shape index (κ1) is 26.0. The van der Waals surface area contributed by atoms with E-state index in [-0.39, 0.29) is 28.7 Å². The largest absolute Gasteiger partial charge is 0.490 e. The average molecular weight is 453 g/mol. The van der Waals surface area contributed by atoms with E-state index in [2.05, 4.69) is 6.92 Å². The maximum absolute atomic E-state index is 14.8. The second-order valence-corrected chi connectivity index (χ2v) is 8.26. The number of benzene rings is 1. The Morgan fingerprint density at radius 1 is 0.906 bits per heavy atom. The summed E-state index contributed by atoms with van der Waals surface area (Å²) < 4.78 is 53.4. The Balaban J connectivity index is 2.00. The van der Waals surface area contributed by atoms with E-state index in [9.17, 15) is 18.0 Å². The Morgan fingerprint density at radius 2 is 1.56 bits per heavy atom. The van der Waals surface area contributed by atoms with Crippen LogP contribution in [0.25, 0.3) is 10.8 Å². The van der Waals surface area contributed by atoms with Crippen LogP contribution in [-0.4, -0.2) is 6.61 Å². The van der Waals surface area contributed by atoms with Crippen molar-refractivity contribution < 1.29 is 22.3 Å². The van der Waals surface area contributed by atoms with Crippen molar-refractivity contribution in [3.05, 3.63) is 51.9 Å². The molecule has 0 radical (unpaired) electrons. The van der Waals surface area contributed by atoms with Gasteiger partial charge in [0.25, 0.3) is 0 Å². The smallest absolute Gasteiger partial charge is 0.346 e. The maximum atomic E-state index is 14.8. The minimum Gasteiger partial charge on any atom is -0.490 e. The van der Waals surface area contributed by atoms with Crippen molar-refractivity contribution in [1.29, 1.82) is 0 Å². The lowest BCUT2D eigenvalue weighted by Gasteiger charge is -2.09.